The third kappa shape index (κ3) is 4.88. The van der Waals surface area contributed by atoms with Crippen LogP contribution in [0.1, 0.15) is 13.3 Å². The molecule has 0 saturated heterocycles. The van der Waals surface area contributed by atoms with Crippen molar-refractivity contribution in [3.05, 3.63) is 29.3 Å². The van der Waals surface area contributed by atoms with Crippen LogP contribution in [0.25, 0.3) is 0 Å². The van der Waals surface area contributed by atoms with E-state index in [1.54, 1.807) is 23.7 Å². The number of amides is 1. The van der Waals surface area contributed by atoms with E-state index in [1.807, 2.05) is 31.2 Å². The highest BCUT2D eigenvalue weighted by molar-refractivity contribution is 7.99. The van der Waals surface area contributed by atoms with Crippen molar-refractivity contribution in [1.29, 1.82) is 0 Å². The predicted molar refractivity (Wildman–Crippen MR) is 78.1 cm³/mol. The number of hydrogen-bond donors (Lipinski definition) is 1. The van der Waals surface area contributed by atoms with Crippen LogP contribution < -0.4 is 5.73 Å². The maximum atomic E-state index is 11.8. The van der Waals surface area contributed by atoms with Gasteiger partial charge in [0.05, 0.1) is 0 Å². The molecule has 0 aliphatic carbocycles. The molecule has 0 saturated carbocycles. The maximum absolute atomic E-state index is 11.8. The molecule has 0 aromatic heterocycles. The van der Waals surface area contributed by atoms with E-state index < -0.39 is 0 Å². The highest BCUT2D eigenvalue weighted by Crippen LogP contribution is 2.21. The van der Waals surface area contributed by atoms with E-state index in [1.165, 1.54) is 0 Å². The average Bonchev–Trinajstić information content (AvgIpc) is 2.39. The summed E-state index contributed by atoms with van der Waals surface area (Å²) < 4.78 is 0. The van der Waals surface area contributed by atoms with Gasteiger partial charge in [0.1, 0.15) is 0 Å². The summed E-state index contributed by atoms with van der Waals surface area (Å²) in [4.78, 5) is 14.7. The van der Waals surface area contributed by atoms with E-state index in [9.17, 15) is 4.79 Å². The zero-order valence-electron chi connectivity index (χ0n) is 10.7. The molecule has 0 fully saturated rings. The van der Waals surface area contributed by atoms with E-state index in [0.29, 0.717) is 13.0 Å². The van der Waals surface area contributed by atoms with Crippen molar-refractivity contribution in [3.63, 3.8) is 0 Å². The van der Waals surface area contributed by atoms with E-state index in [4.69, 9.17) is 17.3 Å². The second kappa shape index (κ2) is 7.67. The van der Waals surface area contributed by atoms with Gasteiger partial charge in [-0.25, -0.2) is 0 Å². The lowest BCUT2D eigenvalue weighted by Crippen LogP contribution is -2.39. The van der Waals surface area contributed by atoms with Crippen molar-refractivity contribution in [2.24, 2.45) is 5.73 Å². The molecule has 1 rings (SSSR count). The SMILES string of the molecule is CC(CN)N(C)C(=O)CCSc1ccc(Cl)cc1. The summed E-state index contributed by atoms with van der Waals surface area (Å²) in [6, 6.07) is 7.73. The normalized spacial score (nSPS) is 12.2. The number of carbonyl (C=O) groups is 1. The fraction of sp³-hybridized carbons (Fsp3) is 0.462. The van der Waals surface area contributed by atoms with Gasteiger partial charge in [0.25, 0.3) is 0 Å². The van der Waals surface area contributed by atoms with Gasteiger partial charge in [0, 0.05) is 41.7 Å². The first-order valence-corrected chi connectivity index (χ1v) is 7.25. The number of nitrogens with zero attached hydrogens (tertiary/aromatic N) is 1. The molecular weight excluding hydrogens is 268 g/mol. The zero-order valence-corrected chi connectivity index (χ0v) is 12.3. The third-order valence-electron chi connectivity index (χ3n) is 2.79. The molecule has 0 spiro atoms. The minimum absolute atomic E-state index is 0.0954. The van der Waals surface area contributed by atoms with Crippen molar-refractivity contribution >= 4 is 29.3 Å². The second-order valence-corrected chi connectivity index (χ2v) is 5.75. The van der Waals surface area contributed by atoms with Crippen molar-refractivity contribution in [1.82, 2.24) is 4.90 Å². The summed E-state index contributed by atoms with van der Waals surface area (Å²) in [5.41, 5.74) is 5.53. The summed E-state index contributed by atoms with van der Waals surface area (Å²) in [6.45, 7) is 2.44. The van der Waals surface area contributed by atoms with Gasteiger partial charge >= 0.3 is 0 Å². The summed E-state index contributed by atoms with van der Waals surface area (Å²) in [5, 5.41) is 0.729. The molecule has 1 unspecified atom stereocenters. The molecule has 2 N–H and O–H groups in total. The van der Waals surface area contributed by atoms with Crippen molar-refractivity contribution < 1.29 is 4.79 Å². The number of likely N-dealkylation sites (N-methyl/N-ethyl adjacent to an activating group) is 1. The topological polar surface area (TPSA) is 46.3 Å². The van der Waals surface area contributed by atoms with Crippen LogP contribution in [0.2, 0.25) is 5.02 Å². The molecule has 0 radical (unpaired) electrons. The van der Waals surface area contributed by atoms with Crippen LogP contribution in [0.5, 0.6) is 0 Å². The Hall–Kier alpha value is -0.710. The van der Waals surface area contributed by atoms with Gasteiger partial charge < -0.3 is 10.6 Å². The van der Waals surface area contributed by atoms with E-state index in [0.717, 1.165) is 15.7 Å². The number of rotatable bonds is 6. The summed E-state index contributed by atoms with van der Waals surface area (Å²) in [5.74, 6) is 0.900. The molecule has 0 aliphatic rings. The molecule has 1 aromatic rings. The standard InChI is InChI=1S/C13H19ClN2OS/c1-10(9-15)16(2)13(17)7-8-18-12-5-3-11(14)4-6-12/h3-6,10H,7-9,15H2,1-2H3. The van der Waals surface area contributed by atoms with Crippen LogP contribution in [-0.4, -0.2) is 36.2 Å². The largest absolute Gasteiger partial charge is 0.342 e. The summed E-state index contributed by atoms with van der Waals surface area (Å²) in [7, 11) is 1.80. The molecule has 3 nitrogen and oxygen atoms in total. The fourth-order valence-electron chi connectivity index (χ4n) is 1.37. The Morgan fingerprint density at radius 3 is 2.61 bits per heavy atom. The van der Waals surface area contributed by atoms with E-state index >= 15 is 0 Å². The Balaban J connectivity index is 2.33. The molecule has 5 heteroatoms. The van der Waals surface area contributed by atoms with Gasteiger partial charge in [0.15, 0.2) is 0 Å². The molecule has 1 aromatic carbocycles. The van der Waals surface area contributed by atoms with Crippen LogP contribution >= 0.6 is 23.4 Å². The number of hydrogen-bond acceptors (Lipinski definition) is 3. The fourth-order valence-corrected chi connectivity index (χ4v) is 2.33. The van der Waals surface area contributed by atoms with Crippen LogP contribution in [0.3, 0.4) is 0 Å². The Kier molecular flexibility index (Phi) is 6.54. The highest BCUT2D eigenvalue weighted by atomic mass is 35.5. The number of nitrogens with two attached hydrogens (primary N) is 1. The van der Waals surface area contributed by atoms with E-state index in [2.05, 4.69) is 0 Å². The van der Waals surface area contributed by atoms with Crippen molar-refractivity contribution in [2.45, 2.75) is 24.3 Å². The Labute approximate surface area is 118 Å². The quantitative estimate of drug-likeness (QED) is 0.818. The summed E-state index contributed by atoms with van der Waals surface area (Å²) >= 11 is 7.46. The summed E-state index contributed by atoms with van der Waals surface area (Å²) in [6.07, 6.45) is 0.522. The highest BCUT2D eigenvalue weighted by Gasteiger charge is 2.13. The van der Waals surface area contributed by atoms with Crippen LogP contribution in [0, 0.1) is 0 Å². The monoisotopic (exact) mass is 286 g/mol. The van der Waals surface area contributed by atoms with Crippen LogP contribution in [0.15, 0.2) is 29.2 Å². The van der Waals surface area contributed by atoms with Crippen LogP contribution in [-0.2, 0) is 4.79 Å². The first-order valence-electron chi connectivity index (χ1n) is 5.88. The number of benzene rings is 1. The van der Waals surface area contributed by atoms with Gasteiger partial charge in [-0.3, -0.25) is 4.79 Å². The number of thioether (sulfide) groups is 1. The lowest BCUT2D eigenvalue weighted by molar-refractivity contribution is -0.131. The average molecular weight is 287 g/mol. The predicted octanol–water partition coefficient (Wildman–Crippen LogP) is 2.63. The lowest BCUT2D eigenvalue weighted by atomic mass is 10.3. The number of halogens is 1. The maximum Gasteiger partial charge on any atom is 0.223 e. The Bertz CT molecular complexity index is 383. The molecular formula is C13H19ClN2OS. The third-order valence-corrected chi connectivity index (χ3v) is 4.06. The lowest BCUT2D eigenvalue weighted by Gasteiger charge is -2.23. The second-order valence-electron chi connectivity index (χ2n) is 4.14. The Morgan fingerprint density at radius 1 is 1.44 bits per heavy atom. The smallest absolute Gasteiger partial charge is 0.223 e. The van der Waals surface area contributed by atoms with Gasteiger partial charge in [-0.2, -0.15) is 0 Å². The van der Waals surface area contributed by atoms with Gasteiger partial charge in [-0.05, 0) is 31.2 Å². The van der Waals surface area contributed by atoms with Crippen LogP contribution in [0.4, 0.5) is 0 Å². The molecule has 1 amide bonds. The molecule has 100 valence electrons. The minimum Gasteiger partial charge on any atom is -0.342 e. The molecule has 1 atom stereocenters. The van der Waals surface area contributed by atoms with Gasteiger partial charge in [-0.1, -0.05) is 11.6 Å². The molecule has 0 bridgehead atoms. The van der Waals surface area contributed by atoms with Gasteiger partial charge in [-0.15, -0.1) is 11.8 Å². The zero-order chi connectivity index (χ0) is 13.5. The molecule has 0 heterocycles. The van der Waals surface area contributed by atoms with Gasteiger partial charge in [0.2, 0.25) is 5.91 Å². The van der Waals surface area contributed by atoms with Crippen molar-refractivity contribution in [2.75, 3.05) is 19.3 Å². The first-order chi connectivity index (χ1) is 8.54. The molecule has 0 aliphatic heterocycles. The van der Waals surface area contributed by atoms with E-state index in [-0.39, 0.29) is 11.9 Å². The van der Waals surface area contributed by atoms with Crippen molar-refractivity contribution in [3.8, 4) is 0 Å². The number of carbonyl (C=O) groups excluding carboxylic acids is 1. The minimum atomic E-state index is 0.0954. The molecule has 18 heavy (non-hydrogen) atoms. The first kappa shape index (κ1) is 15.3. The Morgan fingerprint density at radius 2 is 2.06 bits per heavy atom.